The number of methoxy groups -OCH3 is 2. The maximum absolute atomic E-state index is 13.9. The van der Waals surface area contributed by atoms with Crippen molar-refractivity contribution in [2.75, 3.05) is 49.0 Å². The summed E-state index contributed by atoms with van der Waals surface area (Å²) < 4.78 is 91.5. The zero-order chi connectivity index (χ0) is 78.4. The molecule has 0 amide bonds. The maximum atomic E-state index is 13.9. The number of rotatable bonds is 18. The number of likely N-dealkylation sites (N-methyl/N-ethyl adjacent to an activating group) is 2. The number of Topliss-reactive ketones (excluding diaryl/α,β-unsaturated/α-hetero) is 1. The van der Waals surface area contributed by atoms with Crippen molar-refractivity contribution in [3.05, 3.63) is 24.3 Å². The predicted octanol–water partition coefficient (Wildman–Crippen LogP) is 4.68. The molecule has 0 aromatic carbocycles. The van der Waals surface area contributed by atoms with Crippen molar-refractivity contribution >= 4 is 35.9 Å². The third-order valence-corrected chi connectivity index (χ3v) is 22.3. The summed E-state index contributed by atoms with van der Waals surface area (Å²) in [6.45, 7) is 26.4. The number of esters is 4. The Morgan fingerprint density at radius 1 is 0.600 bits per heavy atom. The van der Waals surface area contributed by atoms with Crippen LogP contribution in [0.1, 0.15) is 168 Å². The maximum Gasteiger partial charge on any atom is 0.311 e. The second-order valence-corrected chi connectivity index (χ2v) is 31.3. The highest BCUT2D eigenvalue weighted by atomic mass is 16.7. The van der Waals surface area contributed by atoms with E-state index in [4.69, 9.17) is 71.1 Å². The van der Waals surface area contributed by atoms with Crippen molar-refractivity contribution in [3.63, 3.8) is 0 Å². The predicted molar refractivity (Wildman–Crippen MR) is 379 cm³/mol. The number of carbonyl (C=O) groups excluding carboxylic acids is 6. The number of hydrogen-bond donors (Lipinski definition) is 6. The summed E-state index contributed by atoms with van der Waals surface area (Å²) in [5.74, 6) is -6.56. The minimum atomic E-state index is -1.49. The van der Waals surface area contributed by atoms with E-state index in [0.29, 0.717) is 19.1 Å². The number of ketones is 1. The number of nitrogens with zero attached hydrogens (tertiary/aromatic N) is 2. The molecule has 0 aromatic heterocycles. The van der Waals surface area contributed by atoms with E-state index in [1.54, 1.807) is 113 Å². The second kappa shape index (κ2) is 40.2. The average molecular weight is 1500 g/mol. The molecule has 6 N–H and O–H groups in total. The fourth-order valence-corrected chi connectivity index (χ4v) is 15.7. The minimum absolute atomic E-state index is 0.000633. The van der Waals surface area contributed by atoms with E-state index in [1.807, 2.05) is 52.8 Å². The van der Waals surface area contributed by atoms with Crippen molar-refractivity contribution in [2.45, 2.75) is 332 Å². The summed E-state index contributed by atoms with van der Waals surface area (Å²) in [4.78, 5) is 81.9. The van der Waals surface area contributed by atoms with Crippen LogP contribution < -0.4 is 0 Å². The molecule has 7 aliphatic rings. The topological polar surface area (TPSA) is 372 Å². The van der Waals surface area contributed by atoms with Crippen LogP contribution in [0.3, 0.4) is 0 Å². The first-order valence-corrected chi connectivity index (χ1v) is 37.8. The largest absolute Gasteiger partial charge is 0.462 e. The highest BCUT2D eigenvalue weighted by Gasteiger charge is 2.58. The first kappa shape index (κ1) is 89.8. The quantitative estimate of drug-likeness (QED) is 0.0469. The second-order valence-electron chi connectivity index (χ2n) is 31.3. The van der Waals surface area contributed by atoms with Gasteiger partial charge in [0.25, 0.3) is 0 Å². The fraction of sp³-hybridized carbons (Fsp3) is 0.868. The van der Waals surface area contributed by atoms with Crippen molar-refractivity contribution in [3.8, 4) is 0 Å². The lowest BCUT2D eigenvalue weighted by Crippen LogP contribution is -2.66. The van der Waals surface area contributed by atoms with E-state index < -0.39 is 218 Å². The van der Waals surface area contributed by atoms with Gasteiger partial charge in [0, 0.05) is 76.5 Å². The molecule has 29 nitrogen and oxygen atoms in total. The molecule has 0 saturated carbocycles. The third kappa shape index (κ3) is 23.5. The Labute approximate surface area is 621 Å². The van der Waals surface area contributed by atoms with Crippen LogP contribution in [0.5, 0.6) is 0 Å². The van der Waals surface area contributed by atoms with Gasteiger partial charge >= 0.3 is 23.9 Å². The van der Waals surface area contributed by atoms with Crippen LogP contribution in [0, 0.1) is 41.4 Å². The first-order valence-electron chi connectivity index (χ1n) is 37.8. The van der Waals surface area contributed by atoms with Crippen molar-refractivity contribution in [2.24, 2.45) is 41.4 Å². The molecule has 0 bridgehead atoms. The first-order chi connectivity index (χ1) is 49.3. The van der Waals surface area contributed by atoms with Gasteiger partial charge in [-0.2, -0.15) is 0 Å². The number of aliphatic hydroxyl groups is 6. The fourth-order valence-electron chi connectivity index (χ4n) is 15.7. The molecule has 604 valence electrons. The summed E-state index contributed by atoms with van der Waals surface area (Å²) in [7, 11) is 10.2. The van der Waals surface area contributed by atoms with E-state index in [0.717, 1.165) is 0 Å². The SMILES string of the molecule is CCC(=O)O[C@@H]1CC(=O)O[C@H](C)C/C=C/C=C/[C@H](O)[C@H](C)C[C@H](CC=O)[C@H](O[C@@H]2O[C@H](C)[C@@H](O[C@H]3C[C@@](C)(O)[C@@H](OC(=O)CC)[C@H](C)O3)[C@H](N(C)C)[C@H]2O)[C@H]1OC.CO[C@H]1C[C@H](O[C@H]2[C@H](C)[C@@H](O[C@@H]3O[C@H](C)C[C@H](N(C)C)[C@H]3O)[C@@H](C)C[C@]3(CO3)C(=O)[C@H](C)[C@@H](O)[C@@H](C)[C@@H](C)OC(=O)[C@@H]2C)O[C@@H](C)[C@@H]1O. The number of aliphatic hydroxyl groups excluding tert-OH is 5. The molecule has 6 fully saturated rings. The van der Waals surface area contributed by atoms with Gasteiger partial charge in [-0.15, -0.1) is 0 Å². The van der Waals surface area contributed by atoms with Crippen LogP contribution in [0.4, 0.5) is 0 Å². The van der Waals surface area contributed by atoms with Crippen LogP contribution in [0.15, 0.2) is 24.3 Å². The Balaban J connectivity index is 0.000000334. The Hall–Kier alpha value is -4.06. The zero-order valence-electron chi connectivity index (χ0n) is 65.8. The molecule has 0 aromatic rings. The molecular formula is C76H128N2O27. The summed E-state index contributed by atoms with van der Waals surface area (Å²) >= 11 is 0. The smallest absolute Gasteiger partial charge is 0.311 e. The number of carbonyl (C=O) groups is 6. The van der Waals surface area contributed by atoms with Gasteiger partial charge in [0.1, 0.15) is 60.7 Å². The Morgan fingerprint density at radius 3 is 1.81 bits per heavy atom. The van der Waals surface area contributed by atoms with Gasteiger partial charge in [0.2, 0.25) is 0 Å². The number of ether oxygens (including phenoxy) is 15. The lowest BCUT2D eigenvalue weighted by Gasteiger charge is -2.50. The van der Waals surface area contributed by atoms with E-state index in [1.165, 1.54) is 14.2 Å². The monoisotopic (exact) mass is 1500 g/mol. The van der Waals surface area contributed by atoms with Crippen LogP contribution >= 0.6 is 0 Å². The van der Waals surface area contributed by atoms with Crippen LogP contribution in [-0.2, 0) is 99.8 Å². The van der Waals surface area contributed by atoms with E-state index in [-0.39, 0.29) is 75.4 Å². The van der Waals surface area contributed by atoms with Crippen LogP contribution in [0.25, 0.3) is 0 Å². The molecule has 7 heterocycles. The normalized spacial score (nSPS) is 45.1. The summed E-state index contributed by atoms with van der Waals surface area (Å²) in [6.07, 6.45) is -11.2. The summed E-state index contributed by atoms with van der Waals surface area (Å²) in [5.41, 5.74) is -2.59. The number of allylic oxidation sites excluding steroid dienone is 2. The van der Waals surface area contributed by atoms with Gasteiger partial charge in [0.15, 0.2) is 42.6 Å². The summed E-state index contributed by atoms with van der Waals surface area (Å²) in [6, 6.07) is -0.997. The third-order valence-electron chi connectivity index (χ3n) is 22.3. The van der Waals surface area contributed by atoms with Gasteiger partial charge in [0.05, 0.1) is 86.0 Å². The zero-order valence-corrected chi connectivity index (χ0v) is 65.8. The summed E-state index contributed by atoms with van der Waals surface area (Å²) in [5, 5.41) is 67.8. The number of aldehydes is 1. The highest BCUT2D eigenvalue weighted by molar-refractivity contribution is 5.92. The van der Waals surface area contributed by atoms with Crippen LogP contribution in [0.2, 0.25) is 0 Å². The lowest BCUT2D eigenvalue weighted by molar-refractivity contribution is -0.344. The lowest BCUT2D eigenvalue weighted by atomic mass is 9.76. The molecule has 1 spiro atoms. The van der Waals surface area contributed by atoms with Gasteiger partial charge in [-0.3, -0.25) is 24.0 Å². The molecule has 0 unspecified atom stereocenters. The molecule has 6 saturated heterocycles. The minimum Gasteiger partial charge on any atom is -0.462 e. The molecule has 0 radical (unpaired) electrons. The van der Waals surface area contributed by atoms with Gasteiger partial charge in [-0.25, -0.2) is 0 Å². The molecule has 34 atom stereocenters. The molecule has 7 rings (SSSR count). The van der Waals surface area contributed by atoms with E-state index in [2.05, 4.69) is 0 Å². The molecular weight excluding hydrogens is 1370 g/mol. The number of epoxide rings is 1. The Kier molecular flexibility index (Phi) is 34.4. The average Bonchev–Trinajstić information content (AvgIpc) is 1.74. The molecule has 29 heteroatoms. The van der Waals surface area contributed by atoms with Gasteiger partial charge < -0.3 is 116 Å². The molecule has 105 heavy (non-hydrogen) atoms. The van der Waals surface area contributed by atoms with E-state index in [9.17, 15) is 59.4 Å². The highest BCUT2D eigenvalue weighted by Crippen LogP contribution is 2.45. The standard InChI is InChI=1S/C41H67NO15.C35H61NO12/c1-11-30(45)54-29-21-32(47)51-24(4)16-14-13-15-17-28(44)23(3)20-27(18-19-43)37(38(29)50-10)57-40-35(48)34(42(8)9)36(25(5)53-40)56-33-22-41(7,49)39(26(6)52-33)55-31(46)12-2;1-16-14-35(15-43-35)32(40)19(4)27(37)18(3)22(7)46-33(41)21(6)31(47-26-13-25(42-11)28(38)23(8)45-26)20(5)30(16)48-34-29(39)24(36(9)10)12-17(2)44-34/h13-15,17,19,23-29,33-40,44,48-49H,11-12,16,18,20-22H2,1-10H3;16-31,34,37-39H,12-15H2,1-11H3/b14-13+,17-15+;/t23-,24-,25-,26+,27+,28+,29-,33+,34-,35-,36-,37+,38+,39+,40+,41-;16-,17+,18-,19+,20+,21+,22+,23-,24-,25-,26-,27-,28-,29+,30-,31-,34-,35-/m10/s1. The van der Waals surface area contributed by atoms with Crippen LogP contribution in [-0.4, -0.2) is 290 Å². The van der Waals surface area contributed by atoms with Crippen molar-refractivity contribution in [1.82, 2.24) is 9.80 Å². The Bertz CT molecular complexity index is 2810. The molecule has 0 aliphatic carbocycles. The van der Waals surface area contributed by atoms with Gasteiger partial charge in [-0.05, 0) is 121 Å². The van der Waals surface area contributed by atoms with E-state index >= 15 is 0 Å². The van der Waals surface area contributed by atoms with Crippen molar-refractivity contribution < 1.29 is 130 Å². The number of hydrogen-bond acceptors (Lipinski definition) is 29. The number of cyclic esters (lactones) is 2. The van der Waals surface area contributed by atoms with Crippen molar-refractivity contribution in [1.29, 1.82) is 0 Å². The van der Waals surface area contributed by atoms with Gasteiger partial charge in [-0.1, -0.05) is 72.8 Å². The molecule has 7 aliphatic heterocycles. The Morgan fingerprint density at radius 2 is 1.22 bits per heavy atom.